The predicted molar refractivity (Wildman–Crippen MR) is 92.1 cm³/mol. The summed E-state index contributed by atoms with van der Waals surface area (Å²) < 4.78 is 46.5. The Morgan fingerprint density at radius 3 is 2.42 bits per heavy atom. The standard InChI is InChI=1S/C20H20F3NO2/c1-20(2,3)26-19(25)24-8-7-12-5-4-6-13(15(12)11-24)14-9-17(22)18(23)10-16(14)21/h4-6,9-10H,7-8,11H2,1-3H3. The summed E-state index contributed by atoms with van der Waals surface area (Å²) in [6.45, 7) is 6.05. The van der Waals surface area contributed by atoms with Crippen LogP contribution >= 0.6 is 0 Å². The van der Waals surface area contributed by atoms with Crippen LogP contribution in [0, 0.1) is 17.5 Å². The Morgan fingerprint density at radius 2 is 1.73 bits per heavy atom. The Morgan fingerprint density at radius 1 is 1.04 bits per heavy atom. The number of hydrogen-bond acceptors (Lipinski definition) is 2. The first-order valence-electron chi connectivity index (χ1n) is 8.39. The van der Waals surface area contributed by atoms with E-state index < -0.39 is 29.1 Å². The third-order valence-corrected chi connectivity index (χ3v) is 4.22. The van der Waals surface area contributed by atoms with E-state index in [-0.39, 0.29) is 12.1 Å². The van der Waals surface area contributed by atoms with Crippen LogP contribution in [0.5, 0.6) is 0 Å². The van der Waals surface area contributed by atoms with Crippen LogP contribution in [0.3, 0.4) is 0 Å². The van der Waals surface area contributed by atoms with Gasteiger partial charge in [-0.25, -0.2) is 18.0 Å². The number of carbonyl (C=O) groups is 1. The molecule has 0 N–H and O–H groups in total. The van der Waals surface area contributed by atoms with Gasteiger partial charge in [0.25, 0.3) is 0 Å². The minimum Gasteiger partial charge on any atom is -0.444 e. The highest BCUT2D eigenvalue weighted by atomic mass is 19.2. The summed E-state index contributed by atoms with van der Waals surface area (Å²) in [4.78, 5) is 13.9. The number of rotatable bonds is 1. The molecule has 1 amide bonds. The molecule has 26 heavy (non-hydrogen) atoms. The summed E-state index contributed by atoms with van der Waals surface area (Å²) in [6.07, 6.45) is 0.122. The second kappa shape index (κ2) is 6.67. The van der Waals surface area contributed by atoms with Gasteiger partial charge in [0.05, 0.1) is 0 Å². The number of carbonyl (C=O) groups excluding carboxylic acids is 1. The maximum absolute atomic E-state index is 14.3. The average molecular weight is 363 g/mol. The first-order valence-corrected chi connectivity index (χ1v) is 8.39. The largest absolute Gasteiger partial charge is 0.444 e. The number of hydrogen-bond donors (Lipinski definition) is 0. The van der Waals surface area contributed by atoms with Crippen molar-refractivity contribution in [1.82, 2.24) is 4.90 Å². The first kappa shape index (κ1) is 18.3. The van der Waals surface area contributed by atoms with E-state index in [4.69, 9.17) is 4.74 Å². The summed E-state index contributed by atoms with van der Waals surface area (Å²) >= 11 is 0. The molecule has 1 aliphatic heterocycles. The van der Waals surface area contributed by atoms with E-state index in [9.17, 15) is 18.0 Å². The lowest BCUT2D eigenvalue weighted by atomic mass is 9.91. The second-order valence-electron chi connectivity index (χ2n) is 7.34. The van der Waals surface area contributed by atoms with Crippen molar-refractivity contribution >= 4 is 6.09 Å². The fourth-order valence-corrected chi connectivity index (χ4v) is 3.04. The molecule has 0 spiro atoms. The molecule has 2 aromatic carbocycles. The van der Waals surface area contributed by atoms with E-state index in [1.54, 1.807) is 32.9 Å². The molecule has 1 heterocycles. The molecule has 0 atom stereocenters. The van der Waals surface area contributed by atoms with Gasteiger partial charge in [-0.2, -0.15) is 0 Å². The van der Waals surface area contributed by atoms with Crippen LogP contribution in [0.1, 0.15) is 31.9 Å². The van der Waals surface area contributed by atoms with Gasteiger partial charge in [-0.1, -0.05) is 18.2 Å². The highest BCUT2D eigenvalue weighted by Gasteiger charge is 2.27. The highest BCUT2D eigenvalue weighted by Crippen LogP contribution is 2.33. The predicted octanol–water partition coefficient (Wildman–Crippen LogP) is 5.06. The quantitative estimate of drug-likeness (QED) is 0.663. The smallest absolute Gasteiger partial charge is 0.410 e. The zero-order chi connectivity index (χ0) is 19.1. The topological polar surface area (TPSA) is 29.5 Å². The van der Waals surface area contributed by atoms with E-state index in [0.717, 1.165) is 17.2 Å². The molecule has 0 radical (unpaired) electrons. The molecule has 0 saturated heterocycles. The Balaban J connectivity index is 1.98. The van der Waals surface area contributed by atoms with E-state index in [0.29, 0.717) is 24.6 Å². The molecule has 0 aromatic heterocycles. The van der Waals surface area contributed by atoms with E-state index in [2.05, 4.69) is 0 Å². The molecular weight excluding hydrogens is 343 g/mol. The maximum Gasteiger partial charge on any atom is 0.410 e. The lowest BCUT2D eigenvalue weighted by Gasteiger charge is -2.32. The third-order valence-electron chi connectivity index (χ3n) is 4.22. The van der Waals surface area contributed by atoms with E-state index in [1.165, 1.54) is 4.90 Å². The summed E-state index contributed by atoms with van der Waals surface area (Å²) in [5.41, 5.74) is 1.48. The Bertz CT molecular complexity index is 859. The highest BCUT2D eigenvalue weighted by molar-refractivity contribution is 5.73. The molecule has 138 valence electrons. The SMILES string of the molecule is CC(C)(C)OC(=O)N1CCc2cccc(-c3cc(F)c(F)cc3F)c2C1. The first-order chi connectivity index (χ1) is 12.2. The molecule has 0 fully saturated rings. The van der Waals surface area contributed by atoms with Gasteiger partial charge in [-0.05, 0) is 49.9 Å². The van der Waals surface area contributed by atoms with Gasteiger partial charge in [0.1, 0.15) is 11.4 Å². The zero-order valence-electron chi connectivity index (χ0n) is 14.9. The van der Waals surface area contributed by atoms with Crippen molar-refractivity contribution in [2.45, 2.75) is 39.3 Å². The summed E-state index contributed by atoms with van der Waals surface area (Å²) in [7, 11) is 0. The fraction of sp³-hybridized carbons (Fsp3) is 0.350. The number of halogens is 3. The van der Waals surface area contributed by atoms with Crippen LogP contribution in [0.15, 0.2) is 30.3 Å². The van der Waals surface area contributed by atoms with Crippen LogP contribution < -0.4 is 0 Å². The Kier molecular flexibility index (Phi) is 4.69. The number of ether oxygens (including phenoxy) is 1. The van der Waals surface area contributed by atoms with Crippen molar-refractivity contribution < 1.29 is 22.7 Å². The number of fused-ring (bicyclic) bond motifs is 1. The number of benzene rings is 2. The summed E-state index contributed by atoms with van der Waals surface area (Å²) in [5, 5.41) is 0. The van der Waals surface area contributed by atoms with Crippen molar-refractivity contribution in [2.24, 2.45) is 0 Å². The molecule has 0 aliphatic carbocycles. The molecule has 0 bridgehead atoms. The van der Waals surface area contributed by atoms with Crippen LogP contribution in [0.4, 0.5) is 18.0 Å². The van der Waals surface area contributed by atoms with Crippen LogP contribution in [0.2, 0.25) is 0 Å². The van der Waals surface area contributed by atoms with Crippen molar-refractivity contribution in [1.29, 1.82) is 0 Å². The molecule has 3 rings (SSSR count). The molecular formula is C20H20F3NO2. The normalized spacial score (nSPS) is 14.2. The van der Waals surface area contributed by atoms with E-state index >= 15 is 0 Å². The lowest BCUT2D eigenvalue weighted by molar-refractivity contribution is 0.0224. The van der Waals surface area contributed by atoms with Crippen LogP contribution in [-0.4, -0.2) is 23.1 Å². The van der Waals surface area contributed by atoms with Gasteiger partial charge in [0.15, 0.2) is 11.6 Å². The maximum atomic E-state index is 14.3. The number of nitrogens with zero attached hydrogens (tertiary/aromatic N) is 1. The molecule has 1 aliphatic rings. The fourth-order valence-electron chi connectivity index (χ4n) is 3.04. The van der Waals surface area contributed by atoms with Gasteiger partial charge in [0, 0.05) is 24.7 Å². The van der Waals surface area contributed by atoms with Crippen molar-refractivity contribution in [3.8, 4) is 11.1 Å². The van der Waals surface area contributed by atoms with Crippen LogP contribution in [0.25, 0.3) is 11.1 Å². The van der Waals surface area contributed by atoms with Crippen molar-refractivity contribution in [3.63, 3.8) is 0 Å². The minimum absolute atomic E-state index is 0.0215. The van der Waals surface area contributed by atoms with Gasteiger partial charge in [-0.3, -0.25) is 0 Å². The lowest BCUT2D eigenvalue weighted by Crippen LogP contribution is -2.40. The van der Waals surface area contributed by atoms with E-state index in [1.807, 2.05) is 6.07 Å². The monoisotopic (exact) mass is 363 g/mol. The summed E-state index contributed by atoms with van der Waals surface area (Å²) in [5.74, 6) is -3.18. The molecule has 6 heteroatoms. The van der Waals surface area contributed by atoms with Crippen LogP contribution in [-0.2, 0) is 17.7 Å². The number of amides is 1. The molecule has 3 nitrogen and oxygen atoms in total. The summed E-state index contributed by atoms with van der Waals surface area (Å²) in [6, 6.07) is 6.68. The Hall–Kier alpha value is -2.50. The third kappa shape index (κ3) is 3.69. The molecule has 2 aromatic rings. The van der Waals surface area contributed by atoms with Crippen molar-refractivity contribution in [2.75, 3.05) is 6.54 Å². The molecule has 0 saturated carbocycles. The Labute approximate surface area is 150 Å². The zero-order valence-corrected chi connectivity index (χ0v) is 14.9. The average Bonchev–Trinajstić information content (AvgIpc) is 2.55. The van der Waals surface area contributed by atoms with Crippen molar-refractivity contribution in [3.05, 3.63) is 58.9 Å². The van der Waals surface area contributed by atoms with Gasteiger partial charge < -0.3 is 9.64 Å². The van der Waals surface area contributed by atoms with Gasteiger partial charge in [-0.15, -0.1) is 0 Å². The molecule has 0 unspecified atom stereocenters. The second-order valence-corrected chi connectivity index (χ2v) is 7.34. The van der Waals surface area contributed by atoms with Gasteiger partial charge >= 0.3 is 6.09 Å². The minimum atomic E-state index is -1.23. The van der Waals surface area contributed by atoms with Gasteiger partial charge in [0.2, 0.25) is 0 Å².